The van der Waals surface area contributed by atoms with Crippen molar-refractivity contribution in [2.75, 3.05) is 36.5 Å². The monoisotopic (exact) mass is 400 g/mol. The molecule has 4 rings (SSSR count). The lowest BCUT2D eigenvalue weighted by molar-refractivity contribution is 0.102. The summed E-state index contributed by atoms with van der Waals surface area (Å²) in [5, 5.41) is 5.94. The van der Waals surface area contributed by atoms with Gasteiger partial charge in [-0.15, -0.1) is 11.3 Å². The number of rotatable bonds is 4. The van der Waals surface area contributed by atoms with Crippen LogP contribution in [-0.4, -0.2) is 42.2 Å². The molecular weight excluding hydrogens is 384 g/mol. The van der Waals surface area contributed by atoms with Crippen molar-refractivity contribution in [3.63, 3.8) is 0 Å². The second-order valence-electron chi connectivity index (χ2n) is 6.00. The van der Waals surface area contributed by atoms with Crippen LogP contribution in [-0.2, 0) is 4.74 Å². The largest absolute Gasteiger partial charge is 0.378 e. The molecule has 0 aliphatic carbocycles. The average Bonchev–Trinajstić information content (AvgIpc) is 3.21. The highest BCUT2D eigenvalue weighted by molar-refractivity contribution is 7.13. The number of anilines is 2. The summed E-state index contributed by atoms with van der Waals surface area (Å²) in [6.45, 7) is 3.14. The summed E-state index contributed by atoms with van der Waals surface area (Å²) in [5.74, 6) is 0.678. The predicted octanol–water partition coefficient (Wildman–Crippen LogP) is 3.95. The van der Waals surface area contributed by atoms with Gasteiger partial charge in [0.2, 0.25) is 0 Å². The molecule has 27 heavy (non-hydrogen) atoms. The Bertz CT molecular complexity index is 922. The Hall–Kier alpha value is -2.48. The third kappa shape index (κ3) is 4.27. The van der Waals surface area contributed by atoms with E-state index in [0.29, 0.717) is 16.4 Å². The maximum atomic E-state index is 12.4. The van der Waals surface area contributed by atoms with E-state index in [1.165, 1.54) is 11.3 Å². The molecule has 1 aliphatic heterocycles. The van der Waals surface area contributed by atoms with E-state index < -0.39 is 0 Å². The number of nitrogens with zero attached hydrogens (tertiary/aromatic N) is 3. The molecule has 6 nitrogen and oxygen atoms in total. The van der Waals surface area contributed by atoms with E-state index in [2.05, 4.69) is 20.2 Å². The molecule has 1 aromatic carbocycles. The number of ether oxygens (including phenoxy) is 1. The van der Waals surface area contributed by atoms with Crippen LogP contribution in [0.5, 0.6) is 0 Å². The fourth-order valence-corrected chi connectivity index (χ4v) is 3.65. The van der Waals surface area contributed by atoms with E-state index in [1.807, 2.05) is 12.1 Å². The van der Waals surface area contributed by atoms with Crippen LogP contribution in [0.25, 0.3) is 10.6 Å². The Morgan fingerprint density at radius 1 is 1.15 bits per heavy atom. The fraction of sp³-hybridized carbons (Fsp3) is 0.211. The van der Waals surface area contributed by atoms with Gasteiger partial charge in [0.15, 0.2) is 0 Å². The Morgan fingerprint density at radius 3 is 2.63 bits per heavy atom. The van der Waals surface area contributed by atoms with Crippen molar-refractivity contribution < 1.29 is 9.53 Å². The molecule has 0 unspecified atom stereocenters. The van der Waals surface area contributed by atoms with Gasteiger partial charge in [0, 0.05) is 40.9 Å². The van der Waals surface area contributed by atoms with Gasteiger partial charge < -0.3 is 15.0 Å². The minimum absolute atomic E-state index is 0.252. The van der Waals surface area contributed by atoms with Crippen LogP contribution < -0.4 is 10.2 Å². The predicted molar refractivity (Wildman–Crippen MR) is 108 cm³/mol. The van der Waals surface area contributed by atoms with Gasteiger partial charge in [0.05, 0.1) is 13.2 Å². The number of carbonyl (C=O) groups is 1. The highest BCUT2D eigenvalue weighted by Gasteiger charge is 2.15. The molecule has 3 heterocycles. The Labute approximate surface area is 165 Å². The molecule has 0 spiro atoms. The van der Waals surface area contributed by atoms with Crippen LogP contribution in [0.4, 0.5) is 11.5 Å². The molecule has 0 atom stereocenters. The number of thiazole rings is 1. The molecule has 0 radical (unpaired) electrons. The highest BCUT2D eigenvalue weighted by atomic mass is 35.5. The maximum Gasteiger partial charge on any atom is 0.275 e. The van der Waals surface area contributed by atoms with Crippen LogP contribution in [0.2, 0.25) is 5.02 Å². The lowest BCUT2D eigenvalue weighted by Crippen LogP contribution is -2.36. The molecule has 8 heteroatoms. The number of pyridine rings is 1. The van der Waals surface area contributed by atoms with Gasteiger partial charge in [-0.05, 0) is 36.4 Å². The standard InChI is InChI=1S/C19H17ClN4O2S/c20-14-2-4-15(5-3-14)22-18(25)16-12-27-19(23-16)13-1-6-17(21-11-13)24-7-9-26-10-8-24/h1-6,11-12H,7-10H2,(H,22,25). The van der Waals surface area contributed by atoms with Gasteiger partial charge in [-0.2, -0.15) is 0 Å². The van der Waals surface area contributed by atoms with Crippen molar-refractivity contribution in [2.24, 2.45) is 0 Å². The van der Waals surface area contributed by atoms with Crippen molar-refractivity contribution in [3.8, 4) is 10.6 Å². The van der Waals surface area contributed by atoms with Crippen LogP contribution >= 0.6 is 22.9 Å². The summed E-state index contributed by atoms with van der Waals surface area (Å²) in [4.78, 5) is 23.5. The minimum Gasteiger partial charge on any atom is -0.378 e. The van der Waals surface area contributed by atoms with Crippen LogP contribution in [0.3, 0.4) is 0 Å². The highest BCUT2D eigenvalue weighted by Crippen LogP contribution is 2.25. The zero-order chi connectivity index (χ0) is 18.6. The zero-order valence-corrected chi connectivity index (χ0v) is 16.0. The first-order valence-electron chi connectivity index (χ1n) is 8.50. The number of morpholine rings is 1. The second kappa shape index (κ2) is 8.04. The lowest BCUT2D eigenvalue weighted by Gasteiger charge is -2.27. The Kier molecular flexibility index (Phi) is 5.33. The third-order valence-electron chi connectivity index (χ3n) is 4.17. The van der Waals surface area contributed by atoms with Crippen LogP contribution in [0.1, 0.15) is 10.5 Å². The molecule has 1 fully saturated rings. The van der Waals surface area contributed by atoms with Crippen molar-refractivity contribution in [3.05, 3.63) is 58.7 Å². The molecular formula is C19H17ClN4O2S. The third-order valence-corrected chi connectivity index (χ3v) is 5.31. The van der Waals surface area contributed by atoms with Crippen LogP contribution in [0, 0.1) is 0 Å². The van der Waals surface area contributed by atoms with E-state index in [4.69, 9.17) is 16.3 Å². The summed E-state index contributed by atoms with van der Waals surface area (Å²) < 4.78 is 5.37. The number of nitrogens with one attached hydrogen (secondary N) is 1. The molecule has 1 N–H and O–H groups in total. The lowest BCUT2D eigenvalue weighted by atomic mass is 10.2. The number of benzene rings is 1. The zero-order valence-electron chi connectivity index (χ0n) is 14.4. The summed E-state index contributed by atoms with van der Waals surface area (Å²) in [5.41, 5.74) is 1.94. The van der Waals surface area contributed by atoms with Gasteiger partial charge in [0.25, 0.3) is 5.91 Å². The molecule has 1 amide bonds. The number of aromatic nitrogens is 2. The summed E-state index contributed by atoms with van der Waals surface area (Å²) in [6.07, 6.45) is 1.80. The average molecular weight is 401 g/mol. The van der Waals surface area contributed by atoms with Gasteiger partial charge in [-0.25, -0.2) is 9.97 Å². The van der Waals surface area contributed by atoms with Gasteiger partial charge in [-0.1, -0.05) is 11.6 Å². The normalized spacial score (nSPS) is 14.2. The summed E-state index contributed by atoms with van der Waals surface area (Å²) >= 11 is 7.28. The van der Waals surface area contributed by atoms with E-state index in [-0.39, 0.29) is 5.91 Å². The van der Waals surface area contributed by atoms with Gasteiger partial charge in [0.1, 0.15) is 16.5 Å². The first-order valence-corrected chi connectivity index (χ1v) is 9.76. The quantitative estimate of drug-likeness (QED) is 0.718. The molecule has 1 saturated heterocycles. The number of amides is 1. The maximum absolute atomic E-state index is 12.4. The van der Waals surface area contributed by atoms with Crippen LogP contribution in [0.15, 0.2) is 48.0 Å². The number of halogens is 1. The molecule has 0 saturated carbocycles. The van der Waals surface area contributed by atoms with Crippen molar-refractivity contribution in [2.45, 2.75) is 0 Å². The fourth-order valence-electron chi connectivity index (χ4n) is 2.73. The summed E-state index contributed by atoms with van der Waals surface area (Å²) in [6, 6.07) is 10.9. The van der Waals surface area contributed by atoms with Gasteiger partial charge in [-0.3, -0.25) is 4.79 Å². The Morgan fingerprint density at radius 2 is 1.93 bits per heavy atom. The van der Waals surface area contributed by atoms with E-state index in [1.54, 1.807) is 35.8 Å². The minimum atomic E-state index is -0.252. The summed E-state index contributed by atoms with van der Waals surface area (Å²) in [7, 11) is 0. The van der Waals surface area contributed by atoms with Crippen molar-refractivity contribution >= 4 is 40.4 Å². The SMILES string of the molecule is O=C(Nc1ccc(Cl)cc1)c1csc(-c2ccc(N3CCOCC3)nc2)n1. The van der Waals surface area contributed by atoms with Crippen molar-refractivity contribution in [1.82, 2.24) is 9.97 Å². The van der Waals surface area contributed by atoms with Crippen molar-refractivity contribution in [1.29, 1.82) is 0 Å². The first kappa shape index (κ1) is 17.9. The van der Waals surface area contributed by atoms with E-state index >= 15 is 0 Å². The second-order valence-corrected chi connectivity index (χ2v) is 7.30. The first-order chi connectivity index (χ1) is 13.2. The molecule has 0 bridgehead atoms. The topological polar surface area (TPSA) is 67.4 Å². The van der Waals surface area contributed by atoms with Gasteiger partial charge >= 0.3 is 0 Å². The molecule has 138 valence electrons. The molecule has 2 aromatic heterocycles. The molecule has 1 aliphatic rings. The number of hydrogen-bond donors (Lipinski definition) is 1. The number of carbonyl (C=O) groups excluding carboxylic acids is 1. The van der Waals surface area contributed by atoms with E-state index in [0.717, 1.165) is 42.7 Å². The molecule has 3 aromatic rings. The number of hydrogen-bond acceptors (Lipinski definition) is 6. The smallest absolute Gasteiger partial charge is 0.275 e. The van der Waals surface area contributed by atoms with E-state index in [9.17, 15) is 4.79 Å². The Balaban J connectivity index is 1.45.